The van der Waals surface area contributed by atoms with Gasteiger partial charge in [-0.25, -0.2) is 0 Å². The van der Waals surface area contributed by atoms with Gasteiger partial charge < -0.3 is 10.4 Å². The van der Waals surface area contributed by atoms with E-state index in [1.807, 2.05) is 41.2 Å². The Morgan fingerprint density at radius 1 is 1.23 bits per heavy atom. The fourth-order valence-corrected chi connectivity index (χ4v) is 5.57. The van der Waals surface area contributed by atoms with Crippen LogP contribution in [0.1, 0.15) is 49.8 Å². The van der Waals surface area contributed by atoms with E-state index in [0.717, 1.165) is 63.7 Å². The lowest BCUT2D eigenvalue weighted by Crippen LogP contribution is -2.58. The molecule has 4 aliphatic rings. The molecule has 1 unspecified atom stereocenters. The SMILES string of the molecule is O=C(NCc1ccccc1)[C@H]1CN2CC[C@H]1C[C@@H]2Cn1cc(C2(O)CCCC2)nn1. The number of carbonyl (C=O) groups excluding carboxylic acids is 1. The van der Waals surface area contributed by atoms with Crippen molar-refractivity contribution in [2.24, 2.45) is 11.8 Å². The van der Waals surface area contributed by atoms with Crippen LogP contribution in [-0.4, -0.2) is 50.0 Å². The Hall–Kier alpha value is -2.25. The molecule has 3 saturated heterocycles. The second kappa shape index (κ2) is 8.12. The Morgan fingerprint density at radius 3 is 2.77 bits per heavy atom. The normalized spacial score (nSPS) is 29.8. The number of piperidine rings is 3. The van der Waals surface area contributed by atoms with Gasteiger partial charge in [-0.15, -0.1) is 5.10 Å². The van der Waals surface area contributed by atoms with E-state index >= 15 is 0 Å². The molecular weight excluding hydrogens is 378 g/mol. The summed E-state index contributed by atoms with van der Waals surface area (Å²) in [6.45, 7) is 3.24. The molecule has 0 radical (unpaired) electrons. The Labute approximate surface area is 177 Å². The molecule has 4 fully saturated rings. The lowest BCUT2D eigenvalue weighted by Gasteiger charge is -2.49. The van der Waals surface area contributed by atoms with Gasteiger partial charge in [-0.3, -0.25) is 14.4 Å². The van der Waals surface area contributed by atoms with Crippen LogP contribution in [0.3, 0.4) is 0 Å². The standard InChI is InChI=1S/C23H31N5O2/c29-22(24-13-17-6-2-1-3-7-17)20-15-27-11-8-18(20)12-19(27)14-28-16-21(25-26-28)23(30)9-4-5-10-23/h1-3,6-7,16,18-20,30H,4-5,8-15H2,(H,24,29)/t18-,19+,20-/m0/s1. The molecule has 1 aromatic carbocycles. The first-order valence-corrected chi connectivity index (χ1v) is 11.3. The summed E-state index contributed by atoms with van der Waals surface area (Å²) in [7, 11) is 0. The van der Waals surface area contributed by atoms with Crippen LogP contribution < -0.4 is 5.32 Å². The van der Waals surface area contributed by atoms with Crippen molar-refractivity contribution < 1.29 is 9.90 Å². The zero-order chi connectivity index (χ0) is 20.6. The molecule has 6 rings (SSSR count). The zero-order valence-electron chi connectivity index (χ0n) is 17.4. The summed E-state index contributed by atoms with van der Waals surface area (Å²) in [6, 6.07) is 10.5. The second-order valence-corrected chi connectivity index (χ2v) is 9.31. The summed E-state index contributed by atoms with van der Waals surface area (Å²) < 4.78 is 1.89. The minimum atomic E-state index is -0.786. The van der Waals surface area contributed by atoms with Crippen LogP contribution in [0.15, 0.2) is 36.5 Å². The molecule has 2 aromatic rings. The van der Waals surface area contributed by atoms with Crippen LogP contribution >= 0.6 is 0 Å². The van der Waals surface area contributed by atoms with Crippen molar-refractivity contribution in [2.75, 3.05) is 13.1 Å². The number of hydrogen-bond donors (Lipinski definition) is 2. The first-order chi connectivity index (χ1) is 14.6. The third kappa shape index (κ3) is 3.88. The minimum absolute atomic E-state index is 0.0734. The van der Waals surface area contributed by atoms with Crippen molar-refractivity contribution in [2.45, 2.75) is 63.3 Å². The van der Waals surface area contributed by atoms with E-state index in [0.29, 0.717) is 24.2 Å². The number of nitrogens with one attached hydrogen (secondary N) is 1. The van der Waals surface area contributed by atoms with Crippen molar-refractivity contribution in [3.63, 3.8) is 0 Å². The Balaban J connectivity index is 1.18. The van der Waals surface area contributed by atoms with Crippen LogP contribution in [0, 0.1) is 11.8 Å². The fourth-order valence-electron chi connectivity index (χ4n) is 5.57. The van der Waals surface area contributed by atoms with Gasteiger partial charge >= 0.3 is 0 Å². The van der Waals surface area contributed by atoms with Crippen molar-refractivity contribution >= 4 is 5.91 Å². The molecule has 7 nitrogen and oxygen atoms in total. The van der Waals surface area contributed by atoms with Crippen LogP contribution in [0.5, 0.6) is 0 Å². The van der Waals surface area contributed by atoms with Crippen molar-refractivity contribution in [1.29, 1.82) is 0 Å². The van der Waals surface area contributed by atoms with Gasteiger partial charge in [0.1, 0.15) is 11.3 Å². The number of carbonyl (C=O) groups is 1. The molecule has 0 spiro atoms. The van der Waals surface area contributed by atoms with Gasteiger partial charge in [0.15, 0.2) is 0 Å². The van der Waals surface area contributed by atoms with E-state index < -0.39 is 5.60 Å². The summed E-state index contributed by atoms with van der Waals surface area (Å²) in [6.07, 6.45) is 7.69. The maximum Gasteiger partial charge on any atom is 0.224 e. The van der Waals surface area contributed by atoms with Gasteiger partial charge in [0.25, 0.3) is 0 Å². The largest absolute Gasteiger partial charge is 0.383 e. The van der Waals surface area contributed by atoms with Gasteiger partial charge in [-0.05, 0) is 43.7 Å². The molecule has 2 bridgehead atoms. The second-order valence-electron chi connectivity index (χ2n) is 9.31. The van der Waals surface area contributed by atoms with Crippen molar-refractivity contribution in [3.05, 3.63) is 47.8 Å². The predicted octanol–water partition coefficient (Wildman–Crippen LogP) is 2.07. The number of fused-ring (bicyclic) bond motifs is 3. The summed E-state index contributed by atoms with van der Waals surface area (Å²) in [5.41, 5.74) is 1.07. The first-order valence-electron chi connectivity index (χ1n) is 11.3. The van der Waals surface area contributed by atoms with Crippen molar-refractivity contribution in [3.8, 4) is 0 Å². The molecule has 1 aromatic heterocycles. The third-order valence-corrected chi connectivity index (χ3v) is 7.37. The van der Waals surface area contributed by atoms with Crippen LogP contribution in [0.4, 0.5) is 0 Å². The Bertz CT molecular complexity index is 877. The maximum absolute atomic E-state index is 12.8. The molecule has 3 aliphatic heterocycles. The van der Waals surface area contributed by atoms with Gasteiger partial charge in [0.05, 0.1) is 18.7 Å². The highest BCUT2D eigenvalue weighted by Gasteiger charge is 2.43. The molecule has 7 heteroatoms. The highest BCUT2D eigenvalue weighted by molar-refractivity contribution is 5.79. The average molecular weight is 410 g/mol. The smallest absolute Gasteiger partial charge is 0.224 e. The molecule has 4 atom stereocenters. The highest BCUT2D eigenvalue weighted by Crippen LogP contribution is 2.38. The number of aromatic nitrogens is 3. The lowest BCUT2D eigenvalue weighted by molar-refractivity contribution is -0.133. The van der Waals surface area contributed by atoms with Crippen molar-refractivity contribution in [1.82, 2.24) is 25.2 Å². The Morgan fingerprint density at radius 2 is 2.03 bits per heavy atom. The monoisotopic (exact) mass is 409 g/mol. The fraction of sp³-hybridized carbons (Fsp3) is 0.609. The molecule has 2 N–H and O–H groups in total. The molecule has 160 valence electrons. The third-order valence-electron chi connectivity index (χ3n) is 7.37. The number of nitrogens with zero attached hydrogens (tertiary/aromatic N) is 4. The molecular formula is C23H31N5O2. The van der Waals surface area contributed by atoms with Crippen LogP contribution in [0.25, 0.3) is 0 Å². The van der Waals surface area contributed by atoms with Gasteiger partial charge in [-0.1, -0.05) is 48.4 Å². The average Bonchev–Trinajstić information content (AvgIpc) is 3.43. The molecule has 4 heterocycles. The molecule has 30 heavy (non-hydrogen) atoms. The number of hydrogen-bond acceptors (Lipinski definition) is 5. The van der Waals surface area contributed by atoms with E-state index in [2.05, 4.69) is 20.5 Å². The van der Waals surface area contributed by atoms with E-state index in [1.54, 1.807) is 0 Å². The maximum atomic E-state index is 12.8. The van der Waals surface area contributed by atoms with Crippen LogP contribution in [0.2, 0.25) is 0 Å². The first kappa shape index (κ1) is 19.7. The number of amides is 1. The van der Waals surface area contributed by atoms with E-state index in [-0.39, 0.29) is 11.8 Å². The number of rotatable bonds is 6. The number of aliphatic hydroxyl groups is 1. The predicted molar refractivity (Wildman–Crippen MR) is 112 cm³/mol. The van der Waals surface area contributed by atoms with E-state index in [9.17, 15) is 9.90 Å². The summed E-state index contributed by atoms with van der Waals surface area (Å²) in [4.78, 5) is 15.3. The van der Waals surface area contributed by atoms with Gasteiger partial charge in [0.2, 0.25) is 5.91 Å². The topological polar surface area (TPSA) is 83.3 Å². The van der Waals surface area contributed by atoms with Gasteiger partial charge in [-0.2, -0.15) is 0 Å². The summed E-state index contributed by atoms with van der Waals surface area (Å²) in [5.74, 6) is 0.681. The summed E-state index contributed by atoms with van der Waals surface area (Å²) in [5, 5.41) is 22.5. The number of benzene rings is 1. The lowest BCUT2D eigenvalue weighted by atomic mass is 9.75. The summed E-state index contributed by atoms with van der Waals surface area (Å²) >= 11 is 0. The minimum Gasteiger partial charge on any atom is -0.383 e. The Kier molecular flexibility index (Phi) is 5.33. The van der Waals surface area contributed by atoms with E-state index in [1.165, 1.54) is 0 Å². The zero-order valence-corrected chi connectivity index (χ0v) is 17.4. The molecule has 1 amide bonds. The quantitative estimate of drug-likeness (QED) is 0.763. The molecule has 1 saturated carbocycles. The molecule has 1 aliphatic carbocycles. The van der Waals surface area contributed by atoms with E-state index in [4.69, 9.17) is 0 Å². The van der Waals surface area contributed by atoms with Gasteiger partial charge in [0, 0.05) is 19.1 Å². The highest BCUT2D eigenvalue weighted by atomic mass is 16.3. The van der Waals surface area contributed by atoms with Crippen LogP contribution in [-0.2, 0) is 23.5 Å².